The SMILES string of the molecule is CC(c1ccc(OC(F)C(F)(F)Br)cc1)(c1ccc(OC(F)C(F)(F)Br)cc1)c1ccc(OC(F)C(F)(F)Br)cc1. The normalized spacial score (nSPS) is 16.3. The van der Waals surface area contributed by atoms with Crippen LogP contribution in [0.3, 0.4) is 0 Å². The number of hydrogen-bond donors (Lipinski definition) is 0. The van der Waals surface area contributed by atoms with Gasteiger partial charge in [0.2, 0.25) is 0 Å². The zero-order chi connectivity index (χ0) is 30.8. The average Bonchev–Trinajstić information content (AvgIpc) is 2.88. The van der Waals surface area contributed by atoms with Crippen LogP contribution in [0.5, 0.6) is 17.2 Å². The van der Waals surface area contributed by atoms with E-state index in [0.29, 0.717) is 16.7 Å². The molecule has 0 saturated heterocycles. The molecule has 0 aliphatic rings. The standard InChI is InChI=1S/C26H18Br3F9O3/c1-23(14-2-8-17(9-3-14)39-20(30)24(27,33)34,15-4-10-18(11-5-15)40-21(31)25(28,35)36)16-6-12-19(13-7-16)41-22(32)26(29,37)38/h2-13,20-22H,1H3. The van der Waals surface area contributed by atoms with E-state index in [-0.39, 0.29) is 17.2 Å². The monoisotopic (exact) mass is 786 g/mol. The Morgan fingerprint density at radius 2 is 0.659 bits per heavy atom. The highest BCUT2D eigenvalue weighted by Crippen LogP contribution is 2.42. The first kappa shape index (κ1) is 33.4. The smallest absolute Gasteiger partial charge is 0.366 e. The third-order valence-electron chi connectivity index (χ3n) is 5.79. The van der Waals surface area contributed by atoms with E-state index in [4.69, 9.17) is 0 Å². The minimum Gasteiger partial charge on any atom is -0.454 e. The Morgan fingerprint density at radius 3 is 0.829 bits per heavy atom. The lowest BCUT2D eigenvalue weighted by atomic mass is 9.71. The molecular formula is C26H18Br3F9O3. The van der Waals surface area contributed by atoms with Crippen LogP contribution in [-0.4, -0.2) is 33.6 Å². The fourth-order valence-electron chi connectivity index (χ4n) is 3.66. The first-order valence-electron chi connectivity index (χ1n) is 11.3. The summed E-state index contributed by atoms with van der Waals surface area (Å²) in [6.07, 6.45) is -8.97. The van der Waals surface area contributed by atoms with E-state index < -0.39 is 39.0 Å². The van der Waals surface area contributed by atoms with Crippen molar-refractivity contribution >= 4 is 47.8 Å². The van der Waals surface area contributed by atoms with E-state index >= 15 is 0 Å². The molecule has 3 unspecified atom stereocenters. The second-order valence-corrected chi connectivity index (χ2v) is 11.8. The molecule has 0 spiro atoms. The zero-order valence-corrected chi connectivity index (χ0v) is 25.2. The molecule has 0 aliphatic carbocycles. The van der Waals surface area contributed by atoms with Gasteiger partial charge in [-0.25, -0.2) is 0 Å². The molecule has 3 atom stereocenters. The Labute approximate surface area is 253 Å². The van der Waals surface area contributed by atoms with E-state index in [2.05, 4.69) is 14.2 Å². The summed E-state index contributed by atoms with van der Waals surface area (Å²) in [5.41, 5.74) is 0.268. The van der Waals surface area contributed by atoms with Crippen molar-refractivity contribution in [2.75, 3.05) is 0 Å². The largest absolute Gasteiger partial charge is 0.454 e. The number of alkyl halides is 12. The summed E-state index contributed by atoms with van der Waals surface area (Å²) in [6.45, 7) is 1.69. The molecule has 0 N–H and O–H groups in total. The van der Waals surface area contributed by atoms with Crippen molar-refractivity contribution in [3.8, 4) is 17.2 Å². The molecule has 41 heavy (non-hydrogen) atoms. The lowest BCUT2D eigenvalue weighted by molar-refractivity contribution is -0.0864. The lowest BCUT2D eigenvalue weighted by Gasteiger charge is -2.32. The van der Waals surface area contributed by atoms with Gasteiger partial charge in [-0.05, 0) is 108 Å². The van der Waals surface area contributed by atoms with E-state index in [9.17, 15) is 39.5 Å². The quantitative estimate of drug-likeness (QED) is 0.104. The number of benzene rings is 3. The Morgan fingerprint density at radius 1 is 0.463 bits per heavy atom. The van der Waals surface area contributed by atoms with Crippen molar-refractivity contribution in [3.05, 3.63) is 89.5 Å². The lowest BCUT2D eigenvalue weighted by Crippen LogP contribution is -2.29. The van der Waals surface area contributed by atoms with Gasteiger partial charge in [-0.3, -0.25) is 0 Å². The van der Waals surface area contributed by atoms with E-state index in [1.54, 1.807) is 6.92 Å². The van der Waals surface area contributed by atoms with Crippen LogP contribution in [0, 0.1) is 0 Å². The summed E-state index contributed by atoms with van der Waals surface area (Å²) in [7, 11) is 0. The maximum Gasteiger partial charge on any atom is 0.366 e. The minimum absolute atomic E-state index is 0.232. The van der Waals surface area contributed by atoms with Gasteiger partial charge >= 0.3 is 33.6 Å². The van der Waals surface area contributed by atoms with Crippen LogP contribution in [0.4, 0.5) is 39.5 Å². The fraction of sp³-hybridized carbons (Fsp3) is 0.308. The molecule has 0 aliphatic heterocycles. The maximum absolute atomic E-state index is 13.7. The second kappa shape index (κ2) is 12.6. The van der Waals surface area contributed by atoms with E-state index in [0.717, 1.165) is 0 Å². The summed E-state index contributed by atoms with van der Waals surface area (Å²) in [5.74, 6) is -0.696. The topological polar surface area (TPSA) is 27.7 Å². The molecule has 0 bridgehead atoms. The zero-order valence-electron chi connectivity index (χ0n) is 20.4. The molecule has 0 aromatic heterocycles. The van der Waals surface area contributed by atoms with Gasteiger partial charge in [0.1, 0.15) is 17.2 Å². The van der Waals surface area contributed by atoms with Gasteiger partial charge in [-0.1, -0.05) is 36.4 Å². The van der Waals surface area contributed by atoms with Crippen LogP contribution >= 0.6 is 47.8 Å². The highest BCUT2D eigenvalue weighted by Gasteiger charge is 2.41. The van der Waals surface area contributed by atoms with Crippen molar-refractivity contribution in [1.82, 2.24) is 0 Å². The molecule has 3 aromatic rings. The molecule has 0 heterocycles. The van der Waals surface area contributed by atoms with E-state index in [1.807, 2.05) is 47.8 Å². The third kappa shape index (κ3) is 8.46. The van der Waals surface area contributed by atoms with Crippen LogP contribution < -0.4 is 14.2 Å². The van der Waals surface area contributed by atoms with Gasteiger partial charge in [0.05, 0.1) is 0 Å². The van der Waals surface area contributed by atoms with Crippen LogP contribution in [-0.2, 0) is 5.41 Å². The van der Waals surface area contributed by atoms with Gasteiger partial charge in [-0.15, -0.1) is 0 Å². The molecule has 0 amide bonds. The highest BCUT2D eigenvalue weighted by molar-refractivity contribution is 9.10. The summed E-state index contributed by atoms with van der Waals surface area (Å²) in [6, 6.07) is 16.0. The number of halogens is 12. The molecule has 3 aromatic carbocycles. The first-order valence-corrected chi connectivity index (χ1v) is 13.6. The van der Waals surface area contributed by atoms with Crippen molar-refractivity contribution in [2.24, 2.45) is 0 Å². The van der Waals surface area contributed by atoms with Gasteiger partial charge < -0.3 is 14.2 Å². The Balaban J connectivity index is 2.00. The first-order chi connectivity index (χ1) is 18.8. The van der Waals surface area contributed by atoms with Gasteiger partial charge in [0.15, 0.2) is 0 Å². The fourth-order valence-corrected chi connectivity index (χ4v) is 3.94. The summed E-state index contributed by atoms with van der Waals surface area (Å²) < 4.78 is 134. The minimum atomic E-state index is -3.94. The molecule has 3 rings (SSSR count). The van der Waals surface area contributed by atoms with Crippen LogP contribution in [0.1, 0.15) is 23.6 Å². The van der Waals surface area contributed by atoms with Gasteiger partial charge in [0.25, 0.3) is 0 Å². The Kier molecular flexibility index (Phi) is 10.3. The van der Waals surface area contributed by atoms with Gasteiger partial charge in [0, 0.05) is 5.41 Å². The summed E-state index contributed by atoms with van der Waals surface area (Å²) in [4.78, 5) is -11.8. The van der Waals surface area contributed by atoms with Crippen molar-refractivity contribution < 1.29 is 53.7 Å². The molecule has 15 heteroatoms. The molecular weight excluding hydrogens is 771 g/mol. The van der Waals surface area contributed by atoms with Crippen molar-refractivity contribution in [3.63, 3.8) is 0 Å². The number of rotatable bonds is 12. The molecule has 0 saturated carbocycles. The number of hydrogen-bond acceptors (Lipinski definition) is 3. The van der Waals surface area contributed by atoms with Gasteiger partial charge in [-0.2, -0.15) is 39.5 Å². The average molecular weight is 789 g/mol. The molecule has 3 nitrogen and oxygen atoms in total. The number of ether oxygens (including phenoxy) is 3. The maximum atomic E-state index is 13.7. The summed E-state index contributed by atoms with van der Waals surface area (Å²) >= 11 is 5.65. The summed E-state index contributed by atoms with van der Waals surface area (Å²) in [5, 5.41) is 0. The predicted octanol–water partition coefficient (Wildman–Crippen LogP) is 10.0. The highest BCUT2D eigenvalue weighted by atomic mass is 79.9. The van der Waals surface area contributed by atoms with Crippen LogP contribution in [0.25, 0.3) is 0 Å². The van der Waals surface area contributed by atoms with Crippen molar-refractivity contribution in [1.29, 1.82) is 0 Å². The Bertz CT molecular complexity index is 1120. The van der Waals surface area contributed by atoms with Crippen molar-refractivity contribution in [2.45, 2.75) is 45.9 Å². The predicted molar refractivity (Wildman–Crippen MR) is 143 cm³/mol. The third-order valence-corrected chi connectivity index (χ3v) is 6.87. The van der Waals surface area contributed by atoms with E-state index in [1.165, 1.54) is 72.8 Å². The van der Waals surface area contributed by atoms with Crippen LogP contribution in [0.2, 0.25) is 0 Å². The molecule has 224 valence electrons. The Hall–Kier alpha value is -2.13. The second-order valence-electron chi connectivity index (χ2n) is 8.62. The van der Waals surface area contributed by atoms with Crippen LogP contribution in [0.15, 0.2) is 72.8 Å². The molecule has 0 radical (unpaired) electrons. The molecule has 0 fully saturated rings.